The topological polar surface area (TPSA) is 64.4 Å². The van der Waals surface area contributed by atoms with E-state index in [1.807, 2.05) is 24.3 Å². The predicted molar refractivity (Wildman–Crippen MR) is 117 cm³/mol. The molecule has 0 atom stereocenters. The van der Waals surface area contributed by atoms with Gasteiger partial charge in [0.05, 0.1) is 30.3 Å². The molecule has 0 amide bonds. The van der Waals surface area contributed by atoms with Crippen LogP contribution in [0, 0.1) is 5.82 Å². The largest absolute Gasteiger partial charge is 0.465 e. The van der Waals surface area contributed by atoms with Gasteiger partial charge in [-0.3, -0.25) is 14.5 Å². The number of halogens is 1. The lowest BCUT2D eigenvalue weighted by Crippen LogP contribution is -2.41. The van der Waals surface area contributed by atoms with Crippen LogP contribution in [0.3, 0.4) is 0 Å². The molecule has 7 heteroatoms. The third kappa shape index (κ3) is 4.82. The van der Waals surface area contributed by atoms with E-state index >= 15 is 0 Å². The molecule has 31 heavy (non-hydrogen) atoms. The molecule has 1 fully saturated rings. The third-order valence-electron chi connectivity index (χ3n) is 5.75. The lowest BCUT2D eigenvalue weighted by atomic mass is 10.0. The summed E-state index contributed by atoms with van der Waals surface area (Å²) >= 11 is 0. The minimum absolute atomic E-state index is 0.0254. The molecule has 0 bridgehead atoms. The van der Waals surface area contributed by atoms with Crippen molar-refractivity contribution < 1.29 is 13.9 Å². The van der Waals surface area contributed by atoms with Gasteiger partial charge in [-0.2, -0.15) is 5.10 Å². The Hall–Kier alpha value is -3.06. The first kappa shape index (κ1) is 21.2. The van der Waals surface area contributed by atoms with Crippen LogP contribution in [0.4, 0.5) is 4.39 Å². The Bertz CT molecular complexity index is 1120. The molecule has 1 aliphatic rings. The van der Waals surface area contributed by atoms with Crippen molar-refractivity contribution in [3.8, 4) is 0 Å². The number of hydrogen-bond acceptors (Lipinski definition) is 5. The number of carbonyl (C=O) groups is 1. The van der Waals surface area contributed by atoms with Crippen LogP contribution in [0.15, 0.2) is 53.3 Å². The van der Waals surface area contributed by atoms with Crippen molar-refractivity contribution in [3.63, 3.8) is 0 Å². The zero-order chi connectivity index (χ0) is 21.8. The fraction of sp³-hybridized carbons (Fsp3) is 0.375. The van der Waals surface area contributed by atoms with Crippen molar-refractivity contribution in [2.45, 2.75) is 32.2 Å². The Kier molecular flexibility index (Phi) is 6.42. The fourth-order valence-electron chi connectivity index (χ4n) is 4.16. The van der Waals surface area contributed by atoms with Gasteiger partial charge in [-0.25, -0.2) is 9.07 Å². The van der Waals surface area contributed by atoms with Gasteiger partial charge in [0.2, 0.25) is 0 Å². The molecule has 162 valence electrons. The smallest absolute Gasteiger partial charge is 0.320 e. The molecule has 4 rings (SSSR count). The minimum Gasteiger partial charge on any atom is -0.465 e. The highest BCUT2D eigenvalue weighted by Crippen LogP contribution is 2.23. The number of fused-ring (bicyclic) bond motifs is 1. The van der Waals surface area contributed by atoms with Crippen LogP contribution in [0.25, 0.3) is 10.8 Å². The number of ether oxygens (including phenoxy) is 1. The summed E-state index contributed by atoms with van der Waals surface area (Å²) in [6, 6.07) is 13.8. The Morgan fingerprint density at radius 3 is 2.45 bits per heavy atom. The fourth-order valence-corrected chi connectivity index (χ4v) is 4.16. The molecule has 3 aromatic rings. The lowest BCUT2D eigenvalue weighted by molar-refractivity contribution is -0.144. The van der Waals surface area contributed by atoms with Gasteiger partial charge in [-0.05, 0) is 43.5 Å². The van der Waals surface area contributed by atoms with Crippen LogP contribution < -0.4 is 5.56 Å². The summed E-state index contributed by atoms with van der Waals surface area (Å²) in [5.41, 5.74) is 1.64. The maximum Gasteiger partial charge on any atom is 0.320 e. The number of piperidine rings is 1. The molecule has 0 unspecified atom stereocenters. The summed E-state index contributed by atoms with van der Waals surface area (Å²) in [6.07, 6.45) is 1.99. The number of carbonyl (C=O) groups excluding carboxylic acids is 1. The zero-order valence-corrected chi connectivity index (χ0v) is 17.6. The first-order chi connectivity index (χ1) is 15.0. The number of rotatable bonds is 6. The van der Waals surface area contributed by atoms with E-state index in [0.717, 1.165) is 29.5 Å². The second-order valence-electron chi connectivity index (χ2n) is 7.86. The summed E-state index contributed by atoms with van der Waals surface area (Å²) in [5.74, 6) is -0.496. The van der Waals surface area contributed by atoms with Gasteiger partial charge in [0, 0.05) is 24.9 Å². The summed E-state index contributed by atoms with van der Waals surface area (Å²) < 4.78 is 19.9. The summed E-state index contributed by atoms with van der Waals surface area (Å²) in [4.78, 5) is 27.0. The van der Waals surface area contributed by atoms with E-state index in [4.69, 9.17) is 9.84 Å². The molecule has 1 aromatic heterocycles. The lowest BCUT2D eigenvalue weighted by Gasteiger charge is -2.31. The highest BCUT2D eigenvalue weighted by Gasteiger charge is 2.25. The first-order valence-corrected chi connectivity index (χ1v) is 10.7. The molecule has 0 saturated carbocycles. The van der Waals surface area contributed by atoms with Crippen molar-refractivity contribution in [2.24, 2.45) is 0 Å². The quantitative estimate of drug-likeness (QED) is 0.569. The van der Waals surface area contributed by atoms with Gasteiger partial charge in [0.25, 0.3) is 5.56 Å². The average molecular weight is 423 g/mol. The van der Waals surface area contributed by atoms with Gasteiger partial charge in [-0.15, -0.1) is 0 Å². The van der Waals surface area contributed by atoms with Gasteiger partial charge >= 0.3 is 5.97 Å². The van der Waals surface area contributed by atoms with E-state index in [9.17, 15) is 14.0 Å². The van der Waals surface area contributed by atoms with E-state index < -0.39 is 0 Å². The van der Waals surface area contributed by atoms with Crippen LogP contribution >= 0.6 is 0 Å². The van der Waals surface area contributed by atoms with Crippen LogP contribution in [0.5, 0.6) is 0 Å². The van der Waals surface area contributed by atoms with Gasteiger partial charge in [0.15, 0.2) is 0 Å². The van der Waals surface area contributed by atoms with E-state index in [1.165, 1.54) is 12.1 Å². The zero-order valence-electron chi connectivity index (χ0n) is 17.6. The van der Waals surface area contributed by atoms with Crippen LogP contribution in [0.1, 0.15) is 37.1 Å². The minimum atomic E-state index is -0.277. The maximum absolute atomic E-state index is 13.3. The standard InChI is InChI=1S/C24H26FN3O3/c1-2-31-23(29)16-27-13-11-19(12-14-27)28-24(30)21-6-4-3-5-20(21)22(26-28)15-17-7-9-18(25)10-8-17/h3-10,19H,2,11-16H2,1H3. The molecule has 0 N–H and O–H groups in total. The van der Waals surface area contributed by atoms with E-state index in [-0.39, 0.29) is 29.9 Å². The molecule has 1 aliphatic heterocycles. The van der Waals surface area contributed by atoms with Crippen molar-refractivity contribution >= 4 is 16.7 Å². The highest BCUT2D eigenvalue weighted by atomic mass is 19.1. The summed E-state index contributed by atoms with van der Waals surface area (Å²) in [5, 5.41) is 6.23. The van der Waals surface area contributed by atoms with Crippen molar-refractivity contribution in [2.75, 3.05) is 26.2 Å². The molecule has 0 radical (unpaired) electrons. The Balaban J connectivity index is 1.60. The SMILES string of the molecule is CCOC(=O)CN1CCC(n2nc(Cc3ccc(F)cc3)c3ccccc3c2=O)CC1. The summed E-state index contributed by atoms with van der Waals surface area (Å²) in [7, 11) is 0. The van der Waals surface area contributed by atoms with E-state index in [0.29, 0.717) is 31.5 Å². The van der Waals surface area contributed by atoms with Gasteiger partial charge < -0.3 is 4.74 Å². The van der Waals surface area contributed by atoms with Gasteiger partial charge in [-0.1, -0.05) is 30.3 Å². The summed E-state index contributed by atoms with van der Waals surface area (Å²) in [6.45, 7) is 3.86. The van der Waals surface area contributed by atoms with Crippen molar-refractivity contribution in [1.82, 2.24) is 14.7 Å². The molecular formula is C24H26FN3O3. The Labute approximate surface area is 180 Å². The number of likely N-dealkylation sites (tertiary alicyclic amines) is 1. The first-order valence-electron chi connectivity index (χ1n) is 10.7. The number of benzene rings is 2. The molecular weight excluding hydrogens is 397 g/mol. The Morgan fingerprint density at radius 1 is 1.10 bits per heavy atom. The monoisotopic (exact) mass is 423 g/mol. The van der Waals surface area contributed by atoms with Gasteiger partial charge in [0.1, 0.15) is 5.82 Å². The highest BCUT2D eigenvalue weighted by molar-refractivity contribution is 5.83. The molecule has 6 nitrogen and oxygen atoms in total. The number of nitrogens with zero attached hydrogens (tertiary/aromatic N) is 3. The Morgan fingerprint density at radius 2 is 1.77 bits per heavy atom. The molecule has 2 aromatic carbocycles. The van der Waals surface area contributed by atoms with E-state index in [2.05, 4.69) is 4.90 Å². The van der Waals surface area contributed by atoms with E-state index in [1.54, 1.807) is 23.7 Å². The molecule has 0 aliphatic carbocycles. The predicted octanol–water partition coefficient (Wildman–Crippen LogP) is 3.33. The molecule has 0 spiro atoms. The molecule has 2 heterocycles. The second-order valence-corrected chi connectivity index (χ2v) is 7.86. The average Bonchev–Trinajstić information content (AvgIpc) is 2.78. The number of hydrogen-bond donors (Lipinski definition) is 0. The van der Waals surface area contributed by atoms with Crippen LogP contribution in [-0.4, -0.2) is 46.9 Å². The van der Waals surface area contributed by atoms with Crippen LogP contribution in [0.2, 0.25) is 0 Å². The number of aromatic nitrogens is 2. The van der Waals surface area contributed by atoms with Crippen molar-refractivity contribution in [1.29, 1.82) is 0 Å². The second kappa shape index (κ2) is 9.39. The normalized spacial score (nSPS) is 15.3. The third-order valence-corrected chi connectivity index (χ3v) is 5.75. The number of esters is 1. The van der Waals surface area contributed by atoms with Crippen LogP contribution in [-0.2, 0) is 16.0 Å². The maximum atomic E-state index is 13.3. The molecule has 1 saturated heterocycles. The van der Waals surface area contributed by atoms with Crippen molar-refractivity contribution in [3.05, 3.63) is 76.0 Å².